The molecule has 1 heteroatoms. The molecule has 0 saturated carbocycles. The van der Waals surface area contributed by atoms with E-state index in [4.69, 9.17) is 4.99 Å². The molecular weight excluding hydrogens is 735 g/mol. The first kappa shape index (κ1) is 37.9. The van der Waals surface area contributed by atoms with Crippen LogP contribution < -0.4 is 20.9 Å². The predicted octanol–water partition coefficient (Wildman–Crippen LogP) is 12.9. The van der Waals surface area contributed by atoms with Gasteiger partial charge in [-0.05, 0) is 213 Å². The molecule has 0 amide bonds. The van der Waals surface area contributed by atoms with Gasteiger partial charge in [0.1, 0.15) is 0 Å². The van der Waals surface area contributed by atoms with E-state index < -0.39 is 0 Å². The Hall–Kier alpha value is -6.05. The van der Waals surface area contributed by atoms with Crippen LogP contribution in [0.25, 0.3) is 62.6 Å². The minimum Gasteiger partial charge on any atom is -0.253 e. The van der Waals surface area contributed by atoms with Gasteiger partial charge in [-0.1, -0.05) is 134 Å². The largest absolute Gasteiger partial charge is 0.253 e. The smallest absolute Gasteiger partial charge is 0.0668 e. The molecule has 5 aromatic rings. The second-order valence-corrected chi connectivity index (χ2v) is 18.1. The zero-order chi connectivity index (χ0) is 40.9. The first-order valence-electron chi connectivity index (χ1n) is 23.1. The second kappa shape index (κ2) is 16.1. The monoisotopic (exact) mass is 789 g/mol. The van der Waals surface area contributed by atoms with Gasteiger partial charge in [0.2, 0.25) is 0 Å². The predicted molar refractivity (Wildman–Crippen MR) is 264 cm³/mol. The normalized spacial score (nSPS) is 19.6. The number of allylic oxidation sites excluding steroid dienone is 14. The molecule has 0 fully saturated rings. The summed E-state index contributed by atoms with van der Waals surface area (Å²) < 4.78 is 0. The third-order valence-corrected chi connectivity index (χ3v) is 14.3. The minimum absolute atomic E-state index is 0.541. The first-order valence-corrected chi connectivity index (χ1v) is 23.1. The van der Waals surface area contributed by atoms with Gasteiger partial charge in [0.15, 0.2) is 0 Å². The highest BCUT2D eigenvalue weighted by molar-refractivity contribution is 6.07. The average molecular weight is 790 g/mol. The van der Waals surface area contributed by atoms with E-state index in [1.54, 1.807) is 0 Å². The summed E-state index contributed by atoms with van der Waals surface area (Å²) in [6.45, 7) is 4.52. The second-order valence-electron chi connectivity index (χ2n) is 18.1. The molecule has 0 N–H and O–H groups in total. The van der Waals surface area contributed by atoms with Crippen molar-refractivity contribution < 1.29 is 0 Å². The van der Waals surface area contributed by atoms with Crippen LogP contribution in [0.2, 0.25) is 0 Å². The average Bonchev–Trinajstić information content (AvgIpc) is 3.31. The Bertz CT molecular complexity index is 3200. The van der Waals surface area contributed by atoms with Crippen molar-refractivity contribution in [2.75, 3.05) is 0 Å². The van der Waals surface area contributed by atoms with Crippen molar-refractivity contribution in [1.29, 1.82) is 0 Å². The van der Waals surface area contributed by atoms with Gasteiger partial charge in [-0.25, -0.2) is 0 Å². The maximum atomic E-state index is 5.31. The Labute approximate surface area is 361 Å². The summed E-state index contributed by atoms with van der Waals surface area (Å²) in [6.07, 6.45) is 42.6. The number of aliphatic imine (C=N–C) groups is 1. The van der Waals surface area contributed by atoms with E-state index in [1.165, 1.54) is 110 Å². The summed E-state index contributed by atoms with van der Waals surface area (Å²) in [6, 6.07) is 27.1. The van der Waals surface area contributed by atoms with E-state index >= 15 is 0 Å². The summed E-state index contributed by atoms with van der Waals surface area (Å²) in [4.78, 5) is 5.31. The number of aryl methyl sites for hydroxylation is 1. The summed E-state index contributed by atoms with van der Waals surface area (Å²) in [5.74, 6) is 0.541. The van der Waals surface area contributed by atoms with Crippen molar-refractivity contribution in [3.05, 3.63) is 187 Å². The van der Waals surface area contributed by atoms with Crippen molar-refractivity contribution in [3.8, 4) is 0 Å². The molecule has 0 bridgehead atoms. The van der Waals surface area contributed by atoms with E-state index in [2.05, 4.69) is 160 Å². The molecule has 11 rings (SSSR count). The number of hydrogen-bond acceptors (Lipinski definition) is 1. The van der Waals surface area contributed by atoms with Crippen LogP contribution in [0.4, 0.5) is 5.69 Å². The summed E-state index contributed by atoms with van der Waals surface area (Å²) in [7, 11) is 0. The van der Waals surface area contributed by atoms with Crippen LogP contribution >= 0.6 is 0 Å². The number of rotatable bonds is 7. The van der Waals surface area contributed by atoms with Gasteiger partial charge in [-0.15, -0.1) is 0 Å². The van der Waals surface area contributed by atoms with Crippen LogP contribution in [0.1, 0.15) is 105 Å². The highest BCUT2D eigenvalue weighted by Gasteiger charge is 2.28. The van der Waals surface area contributed by atoms with Gasteiger partial charge in [-0.3, -0.25) is 4.99 Å². The van der Waals surface area contributed by atoms with Crippen molar-refractivity contribution in [3.63, 3.8) is 0 Å². The molecule has 0 radical (unpaired) electrons. The maximum absolute atomic E-state index is 5.31. The fourth-order valence-corrected chi connectivity index (χ4v) is 11.4. The molecule has 0 spiro atoms. The Morgan fingerprint density at radius 3 is 1.90 bits per heavy atom. The maximum Gasteiger partial charge on any atom is 0.0668 e. The Kier molecular flexibility index (Phi) is 10.0. The van der Waals surface area contributed by atoms with Gasteiger partial charge in [-0.2, -0.15) is 0 Å². The van der Waals surface area contributed by atoms with E-state index in [0.29, 0.717) is 5.92 Å². The fourth-order valence-electron chi connectivity index (χ4n) is 11.4. The minimum atomic E-state index is 0.541. The van der Waals surface area contributed by atoms with Crippen molar-refractivity contribution in [1.82, 2.24) is 0 Å². The van der Waals surface area contributed by atoms with Gasteiger partial charge in [0, 0.05) is 5.71 Å². The van der Waals surface area contributed by atoms with E-state index in [9.17, 15) is 0 Å². The van der Waals surface area contributed by atoms with Crippen molar-refractivity contribution in [2.24, 2.45) is 10.9 Å². The molecule has 1 unspecified atom stereocenters. The van der Waals surface area contributed by atoms with Gasteiger partial charge in [0.05, 0.1) is 5.69 Å². The lowest BCUT2D eigenvalue weighted by atomic mass is 9.74. The first-order chi connectivity index (χ1) is 30.1. The van der Waals surface area contributed by atoms with Gasteiger partial charge < -0.3 is 0 Å². The van der Waals surface area contributed by atoms with Crippen molar-refractivity contribution in [2.45, 2.75) is 90.9 Å². The van der Waals surface area contributed by atoms with Crippen molar-refractivity contribution >= 4 is 74.0 Å². The third-order valence-electron chi connectivity index (χ3n) is 14.3. The van der Waals surface area contributed by atoms with E-state index in [0.717, 1.165) is 82.0 Å². The zero-order valence-corrected chi connectivity index (χ0v) is 35.9. The summed E-state index contributed by atoms with van der Waals surface area (Å²) >= 11 is 0. The molecule has 61 heavy (non-hydrogen) atoms. The molecule has 300 valence electrons. The fraction of sp³-hybridized carbons (Fsp3) is 0.250. The molecule has 6 aliphatic carbocycles. The quantitative estimate of drug-likeness (QED) is 0.146. The SMILES string of the molecule is C/C(=N\c1ccccc1CC1=CCCC=C1)C1=CCCC(c2c3c(c(C4=CC5=CC=C(c6c7c(c(C)c8ccccc68)=CCCC=7)CC5CC4)c4ccccc24)=CCCC=3)=C1. The highest BCUT2D eigenvalue weighted by atomic mass is 14.7. The molecule has 1 nitrogen and oxygen atoms in total. The molecule has 0 aromatic heterocycles. The lowest BCUT2D eigenvalue weighted by Gasteiger charge is -2.31. The lowest BCUT2D eigenvalue weighted by Crippen LogP contribution is -2.35. The third kappa shape index (κ3) is 6.93. The lowest BCUT2D eigenvalue weighted by molar-refractivity contribution is 0.579. The Balaban J connectivity index is 0.980. The molecule has 0 aliphatic heterocycles. The Morgan fingerprint density at radius 1 is 0.574 bits per heavy atom. The molecule has 0 saturated heterocycles. The van der Waals surface area contributed by atoms with Gasteiger partial charge >= 0.3 is 0 Å². The summed E-state index contributed by atoms with van der Waals surface area (Å²) in [5, 5.41) is 11.4. The number of nitrogens with zero attached hydrogens (tertiary/aromatic N) is 1. The number of hydrogen-bond donors (Lipinski definition) is 0. The molecule has 1 atom stereocenters. The van der Waals surface area contributed by atoms with Gasteiger partial charge in [0.25, 0.3) is 0 Å². The van der Waals surface area contributed by atoms with Crippen LogP contribution in [0.3, 0.4) is 0 Å². The molecule has 0 heterocycles. The van der Waals surface area contributed by atoms with Crippen LogP contribution in [-0.4, -0.2) is 5.71 Å². The van der Waals surface area contributed by atoms with Crippen LogP contribution in [-0.2, 0) is 6.42 Å². The zero-order valence-electron chi connectivity index (χ0n) is 35.9. The number of para-hydroxylation sites is 1. The van der Waals surface area contributed by atoms with Crippen LogP contribution in [0, 0.1) is 12.8 Å². The van der Waals surface area contributed by atoms with Crippen LogP contribution in [0.5, 0.6) is 0 Å². The molecule has 6 aliphatic rings. The molecule has 5 aromatic carbocycles. The summed E-state index contributed by atoms with van der Waals surface area (Å²) in [5.41, 5.74) is 17.9. The van der Waals surface area contributed by atoms with E-state index in [-0.39, 0.29) is 0 Å². The van der Waals surface area contributed by atoms with Crippen LogP contribution in [0.15, 0.2) is 143 Å². The topological polar surface area (TPSA) is 12.4 Å². The Morgan fingerprint density at radius 2 is 1.18 bits per heavy atom. The standard InChI is InChI=1S/C60H55N/c1-39-49-22-7-9-24-51(49)59(52-25-10-8-23-50(39)52)47-33-31-44-38-48(34-32-43(44)37-47)60-55-28-13-11-26-53(55)58(54-27-12-14-29-56(54)60)46-21-16-20-42(36-46)40(2)61-57-30-15-6-19-45(57)35-41-17-4-3-5-18-41/h4,6-7,9,11,13,15,17-20,22-31,33,36,38,43H,3,5,8,10,12,14,16,21,32,34-35,37H2,1-2H3/b61-40+. The number of benzene rings is 5. The van der Waals surface area contributed by atoms with E-state index in [1.807, 2.05) is 0 Å². The molecular formula is C60H55N. The number of fused-ring (bicyclic) bond motifs is 5. The highest BCUT2D eigenvalue weighted by Crippen LogP contribution is 2.43.